The number of nitrogens with one attached hydrogen (secondary N) is 2. The first kappa shape index (κ1) is 20.8. The highest BCUT2D eigenvalue weighted by Gasteiger charge is 2.19. The number of thioether (sulfide) groups is 1. The van der Waals surface area contributed by atoms with Crippen LogP contribution in [0.2, 0.25) is 0 Å². The molecule has 0 aliphatic carbocycles. The minimum Gasteiger partial charge on any atom is -0.372 e. The number of anilines is 1. The third-order valence-corrected chi connectivity index (χ3v) is 4.68. The van der Waals surface area contributed by atoms with Gasteiger partial charge in [-0.2, -0.15) is 0 Å². The second-order valence-corrected chi connectivity index (χ2v) is 6.43. The minimum absolute atomic E-state index is 0.113. The lowest BCUT2D eigenvalue weighted by atomic mass is 10.1. The van der Waals surface area contributed by atoms with Crippen LogP contribution in [0.5, 0.6) is 0 Å². The lowest BCUT2D eigenvalue weighted by molar-refractivity contribution is -0.124. The van der Waals surface area contributed by atoms with Gasteiger partial charge in [-0.3, -0.25) is 9.59 Å². The number of methoxy groups -OCH3 is 1. The summed E-state index contributed by atoms with van der Waals surface area (Å²) in [7, 11) is 3.12. The van der Waals surface area contributed by atoms with E-state index in [0.29, 0.717) is 6.07 Å². The number of hydrogen-bond donors (Lipinski definition) is 2. The molecule has 1 heterocycles. The van der Waals surface area contributed by atoms with Crippen LogP contribution in [-0.4, -0.2) is 40.8 Å². The molecule has 1 aromatic carbocycles. The summed E-state index contributed by atoms with van der Waals surface area (Å²) in [5.41, 5.74) is 0.0300. The molecule has 1 atom stereocenters. The van der Waals surface area contributed by atoms with Crippen molar-refractivity contribution < 1.29 is 23.1 Å². The second-order valence-electron chi connectivity index (χ2n) is 5.66. The zero-order chi connectivity index (χ0) is 20.1. The molecule has 0 fully saturated rings. The van der Waals surface area contributed by atoms with E-state index in [-0.39, 0.29) is 17.8 Å². The molecule has 2 aromatic rings. The summed E-state index contributed by atoms with van der Waals surface area (Å²) >= 11 is 1.45. The van der Waals surface area contributed by atoms with Gasteiger partial charge in [-0.1, -0.05) is 11.8 Å². The summed E-state index contributed by atoms with van der Waals surface area (Å²) in [6.07, 6.45) is 2.64. The van der Waals surface area contributed by atoms with Crippen molar-refractivity contribution in [2.45, 2.75) is 24.7 Å². The van der Waals surface area contributed by atoms with Crippen molar-refractivity contribution in [3.8, 4) is 0 Å². The van der Waals surface area contributed by atoms with Gasteiger partial charge in [0.05, 0.1) is 29.7 Å². The third-order valence-electron chi connectivity index (χ3n) is 3.94. The number of rotatable bonds is 7. The Morgan fingerprint density at radius 2 is 2.04 bits per heavy atom. The summed E-state index contributed by atoms with van der Waals surface area (Å²) in [4.78, 5) is 28.3. The predicted octanol–water partition coefficient (Wildman–Crippen LogP) is 2.32. The smallest absolute Gasteiger partial charge is 0.254 e. The number of carbonyl (C=O) groups is 2. The first-order valence-corrected chi connectivity index (χ1v) is 9.16. The number of nitrogens with zero attached hydrogens (tertiary/aromatic N) is 2. The average Bonchev–Trinajstić information content (AvgIpc) is 3.00. The Morgan fingerprint density at radius 1 is 1.33 bits per heavy atom. The van der Waals surface area contributed by atoms with Crippen LogP contribution in [0.3, 0.4) is 0 Å². The van der Waals surface area contributed by atoms with Crippen LogP contribution >= 0.6 is 11.8 Å². The molecule has 0 saturated carbocycles. The molecule has 0 spiro atoms. The highest BCUT2D eigenvalue weighted by molar-refractivity contribution is 7.98. The van der Waals surface area contributed by atoms with E-state index in [4.69, 9.17) is 4.74 Å². The summed E-state index contributed by atoms with van der Waals surface area (Å²) in [5, 5.41) is 5.60. The van der Waals surface area contributed by atoms with Crippen molar-refractivity contribution in [2.24, 2.45) is 7.05 Å². The Bertz CT molecular complexity index is 857. The van der Waals surface area contributed by atoms with Crippen molar-refractivity contribution in [3.63, 3.8) is 0 Å². The molecular weight excluding hydrogens is 378 g/mol. The lowest BCUT2D eigenvalue weighted by Crippen LogP contribution is -2.28. The quantitative estimate of drug-likeness (QED) is 0.700. The molecule has 0 aliphatic heterocycles. The van der Waals surface area contributed by atoms with Gasteiger partial charge in [0.25, 0.3) is 11.8 Å². The van der Waals surface area contributed by atoms with Crippen molar-refractivity contribution in [1.82, 2.24) is 14.9 Å². The summed E-state index contributed by atoms with van der Waals surface area (Å²) in [6, 6.07) is 1.51. The molecule has 27 heavy (non-hydrogen) atoms. The van der Waals surface area contributed by atoms with Gasteiger partial charge in [-0.25, -0.2) is 13.8 Å². The molecule has 146 valence electrons. The van der Waals surface area contributed by atoms with Gasteiger partial charge in [-0.15, -0.1) is 0 Å². The van der Waals surface area contributed by atoms with Gasteiger partial charge in [-0.05, 0) is 19.2 Å². The molecule has 0 saturated heterocycles. The Morgan fingerprint density at radius 3 is 2.63 bits per heavy atom. The summed E-state index contributed by atoms with van der Waals surface area (Å²) in [5.74, 6) is -3.38. The fraction of sp³-hybridized carbons (Fsp3) is 0.353. The Hall–Kier alpha value is -2.46. The van der Waals surface area contributed by atoms with Gasteiger partial charge in [0.15, 0.2) is 5.16 Å². The topological polar surface area (TPSA) is 85.2 Å². The summed E-state index contributed by atoms with van der Waals surface area (Å²) < 4.78 is 34.6. The van der Waals surface area contributed by atoms with Gasteiger partial charge in [0, 0.05) is 20.2 Å². The van der Waals surface area contributed by atoms with E-state index in [2.05, 4.69) is 15.6 Å². The van der Waals surface area contributed by atoms with Gasteiger partial charge in [0.1, 0.15) is 17.7 Å². The number of imidazole rings is 1. The molecular formula is C17H20F2N4O3S. The van der Waals surface area contributed by atoms with Crippen LogP contribution in [0.15, 0.2) is 23.5 Å². The fourth-order valence-corrected chi connectivity index (χ4v) is 2.76. The molecule has 7 nitrogen and oxygen atoms in total. The molecule has 0 bridgehead atoms. The zero-order valence-corrected chi connectivity index (χ0v) is 16.1. The number of hydrogen-bond acceptors (Lipinski definition) is 5. The van der Waals surface area contributed by atoms with E-state index in [1.54, 1.807) is 17.8 Å². The van der Waals surface area contributed by atoms with Gasteiger partial charge in [0.2, 0.25) is 0 Å². The highest BCUT2D eigenvalue weighted by Crippen LogP contribution is 2.20. The van der Waals surface area contributed by atoms with E-state index >= 15 is 0 Å². The van der Waals surface area contributed by atoms with E-state index in [1.807, 2.05) is 6.26 Å². The maximum Gasteiger partial charge on any atom is 0.254 e. The monoisotopic (exact) mass is 398 g/mol. The maximum atomic E-state index is 14.0. The van der Waals surface area contributed by atoms with Crippen LogP contribution in [0.1, 0.15) is 23.0 Å². The third kappa shape index (κ3) is 4.83. The summed E-state index contributed by atoms with van der Waals surface area (Å²) in [6.45, 7) is 1.59. The molecule has 0 aliphatic rings. The Kier molecular flexibility index (Phi) is 6.92. The number of amides is 2. The zero-order valence-electron chi connectivity index (χ0n) is 15.3. The standard InChI is InChI=1S/C17H20F2N4O3S/c1-9(26-3)15(24)22-14-5-11(12(18)6-13(14)19)16(25)20-7-10-8-21-17(27-4)23(10)2/h5-6,8-9H,7H2,1-4H3,(H,20,25)(H,22,24). The van der Waals surface area contributed by atoms with Crippen LogP contribution in [0, 0.1) is 11.6 Å². The molecule has 2 rings (SSSR count). The van der Waals surface area contributed by atoms with Gasteiger partial charge < -0.3 is 19.9 Å². The Labute approximate surface area is 159 Å². The number of aromatic nitrogens is 2. The normalized spacial score (nSPS) is 11.9. The van der Waals surface area contributed by atoms with Crippen molar-refractivity contribution in [1.29, 1.82) is 0 Å². The number of carbonyl (C=O) groups excluding carboxylic acids is 2. The van der Waals surface area contributed by atoms with Crippen molar-refractivity contribution >= 4 is 29.3 Å². The maximum absolute atomic E-state index is 14.0. The number of halogens is 2. The SMILES string of the molecule is COC(C)C(=O)Nc1cc(C(=O)NCc2cnc(SC)n2C)c(F)cc1F. The largest absolute Gasteiger partial charge is 0.372 e. The predicted molar refractivity (Wildman–Crippen MR) is 97.6 cm³/mol. The number of benzene rings is 1. The van der Waals surface area contributed by atoms with E-state index in [9.17, 15) is 18.4 Å². The van der Waals surface area contributed by atoms with Crippen LogP contribution in [0.4, 0.5) is 14.5 Å². The molecule has 1 unspecified atom stereocenters. The van der Waals surface area contributed by atoms with E-state index < -0.39 is 29.6 Å². The minimum atomic E-state index is -1.03. The van der Waals surface area contributed by atoms with Crippen molar-refractivity contribution in [3.05, 3.63) is 41.2 Å². The highest BCUT2D eigenvalue weighted by atomic mass is 32.2. The Balaban J connectivity index is 2.16. The van der Waals surface area contributed by atoms with Gasteiger partial charge >= 0.3 is 0 Å². The fourth-order valence-electron chi connectivity index (χ4n) is 2.21. The second kappa shape index (κ2) is 8.96. The molecule has 2 N–H and O–H groups in total. The molecule has 10 heteroatoms. The first-order chi connectivity index (χ1) is 12.8. The average molecular weight is 398 g/mol. The lowest BCUT2D eigenvalue weighted by Gasteiger charge is -2.13. The van der Waals surface area contributed by atoms with E-state index in [0.717, 1.165) is 16.9 Å². The van der Waals surface area contributed by atoms with E-state index in [1.165, 1.54) is 25.8 Å². The molecule has 1 aromatic heterocycles. The molecule has 2 amide bonds. The van der Waals surface area contributed by atoms with Crippen molar-refractivity contribution in [2.75, 3.05) is 18.7 Å². The molecule has 0 radical (unpaired) electrons. The van der Waals surface area contributed by atoms with Crippen LogP contribution in [0.25, 0.3) is 0 Å². The number of ether oxygens (including phenoxy) is 1. The van der Waals surface area contributed by atoms with Crippen LogP contribution in [-0.2, 0) is 23.1 Å². The van der Waals surface area contributed by atoms with Crippen LogP contribution < -0.4 is 10.6 Å². The first-order valence-electron chi connectivity index (χ1n) is 7.94.